The highest BCUT2D eigenvalue weighted by atomic mass is 35.5. The van der Waals surface area contributed by atoms with Crippen molar-refractivity contribution in [3.63, 3.8) is 0 Å². The van der Waals surface area contributed by atoms with E-state index < -0.39 is 0 Å². The molecule has 1 atom stereocenters. The van der Waals surface area contributed by atoms with Gasteiger partial charge < -0.3 is 25.0 Å². The molecule has 2 amide bonds. The van der Waals surface area contributed by atoms with Gasteiger partial charge in [-0.25, -0.2) is 4.79 Å². The van der Waals surface area contributed by atoms with Crippen LogP contribution < -0.4 is 20.1 Å². The number of benzene rings is 1. The number of ether oxygens (including phenoxy) is 2. The molecule has 2 aromatic rings. The summed E-state index contributed by atoms with van der Waals surface area (Å²) >= 11 is 0. The second-order valence-corrected chi connectivity index (χ2v) is 5.94. The zero-order valence-electron chi connectivity index (χ0n) is 15.7. The molecule has 1 aromatic carbocycles. The van der Waals surface area contributed by atoms with Crippen LogP contribution in [0.5, 0.6) is 11.5 Å². The number of urea groups is 1. The Morgan fingerprint density at radius 1 is 1.21 bits per heavy atom. The molecule has 0 aliphatic carbocycles. The van der Waals surface area contributed by atoms with Crippen molar-refractivity contribution in [1.82, 2.24) is 15.2 Å². The van der Waals surface area contributed by atoms with E-state index in [0.29, 0.717) is 32.1 Å². The maximum absolute atomic E-state index is 12.7. The first kappa shape index (κ1) is 23.8. The van der Waals surface area contributed by atoms with Crippen molar-refractivity contribution in [1.29, 1.82) is 0 Å². The van der Waals surface area contributed by atoms with Gasteiger partial charge in [0.15, 0.2) is 0 Å². The van der Waals surface area contributed by atoms with Crippen molar-refractivity contribution >= 4 is 36.5 Å². The lowest BCUT2D eigenvalue weighted by atomic mass is 10.2. The van der Waals surface area contributed by atoms with Crippen LogP contribution in [0, 0.1) is 0 Å². The highest BCUT2D eigenvalue weighted by molar-refractivity contribution is 5.89. The number of amides is 2. The van der Waals surface area contributed by atoms with Crippen molar-refractivity contribution in [2.75, 3.05) is 38.2 Å². The molecule has 1 aromatic heterocycles. The summed E-state index contributed by atoms with van der Waals surface area (Å²) in [7, 11) is 0. The Morgan fingerprint density at radius 2 is 2.00 bits per heavy atom. The largest absolute Gasteiger partial charge is 0.494 e. The lowest BCUT2D eigenvalue weighted by molar-refractivity contribution is 0.133. The SMILES string of the molecule is CCOc1ccc(NC(=O)N2CCNCC2COc2cccnc2)cc1.Cl.Cl. The molecule has 154 valence electrons. The number of nitrogens with one attached hydrogen (secondary N) is 2. The van der Waals surface area contributed by atoms with Gasteiger partial charge in [-0.3, -0.25) is 4.98 Å². The summed E-state index contributed by atoms with van der Waals surface area (Å²) in [6, 6.07) is 10.9. The molecule has 7 nitrogen and oxygen atoms in total. The number of halogens is 2. The van der Waals surface area contributed by atoms with Crippen molar-refractivity contribution in [2.45, 2.75) is 13.0 Å². The number of carbonyl (C=O) groups excluding carboxylic acids is 1. The Kier molecular flexibility index (Phi) is 10.4. The van der Waals surface area contributed by atoms with Crippen molar-refractivity contribution in [3.05, 3.63) is 48.8 Å². The standard InChI is InChI=1S/C19H24N4O3.2ClH/c1-2-25-17-7-5-15(6-8-17)22-19(24)23-11-10-21-12-16(23)14-26-18-4-3-9-20-13-18;;/h3-9,13,16,21H,2,10-12,14H2,1H3,(H,22,24);2*1H. The molecule has 9 heteroatoms. The van der Waals surface area contributed by atoms with Gasteiger partial charge in [0.05, 0.1) is 18.8 Å². The van der Waals surface area contributed by atoms with Crippen LogP contribution in [0.4, 0.5) is 10.5 Å². The van der Waals surface area contributed by atoms with Crippen LogP contribution in [-0.2, 0) is 0 Å². The number of carbonyl (C=O) groups is 1. The second-order valence-electron chi connectivity index (χ2n) is 5.94. The molecule has 1 aliphatic heterocycles. The number of hydrogen-bond acceptors (Lipinski definition) is 5. The molecular formula is C19H26Cl2N4O3. The van der Waals surface area contributed by atoms with E-state index in [2.05, 4.69) is 15.6 Å². The lowest BCUT2D eigenvalue weighted by Gasteiger charge is -2.35. The molecule has 28 heavy (non-hydrogen) atoms. The quantitative estimate of drug-likeness (QED) is 0.738. The van der Waals surface area contributed by atoms with E-state index in [1.807, 2.05) is 48.2 Å². The average Bonchev–Trinajstić information content (AvgIpc) is 2.69. The summed E-state index contributed by atoms with van der Waals surface area (Å²) < 4.78 is 11.2. The Balaban J connectivity index is 0.00000196. The number of aromatic nitrogens is 1. The fraction of sp³-hybridized carbons (Fsp3) is 0.368. The predicted molar refractivity (Wildman–Crippen MR) is 114 cm³/mol. The highest BCUT2D eigenvalue weighted by Crippen LogP contribution is 2.17. The van der Waals surface area contributed by atoms with E-state index in [9.17, 15) is 4.79 Å². The van der Waals surface area contributed by atoms with Gasteiger partial charge in [-0.15, -0.1) is 24.8 Å². The third-order valence-electron chi connectivity index (χ3n) is 4.10. The predicted octanol–water partition coefficient (Wildman–Crippen LogP) is 3.21. The second kappa shape index (κ2) is 12.3. The van der Waals surface area contributed by atoms with E-state index in [1.54, 1.807) is 12.4 Å². The number of pyridine rings is 1. The van der Waals surface area contributed by atoms with Gasteiger partial charge in [0.1, 0.15) is 18.1 Å². The van der Waals surface area contributed by atoms with Gasteiger partial charge in [-0.2, -0.15) is 0 Å². The average molecular weight is 429 g/mol. The number of anilines is 1. The third-order valence-corrected chi connectivity index (χ3v) is 4.10. The summed E-state index contributed by atoms with van der Waals surface area (Å²) in [5, 5.41) is 6.25. The van der Waals surface area contributed by atoms with E-state index in [1.165, 1.54) is 0 Å². The Bertz CT molecular complexity index is 704. The third kappa shape index (κ3) is 6.74. The molecule has 0 radical (unpaired) electrons. The fourth-order valence-corrected chi connectivity index (χ4v) is 2.80. The van der Waals surface area contributed by atoms with Crippen LogP contribution in [0.2, 0.25) is 0 Å². The molecule has 2 heterocycles. The number of piperazine rings is 1. The van der Waals surface area contributed by atoms with Gasteiger partial charge in [0, 0.05) is 31.5 Å². The van der Waals surface area contributed by atoms with Crippen LogP contribution >= 0.6 is 24.8 Å². The first-order valence-electron chi connectivity index (χ1n) is 8.80. The van der Waals surface area contributed by atoms with Crippen LogP contribution in [-0.4, -0.2) is 54.8 Å². The Morgan fingerprint density at radius 3 is 2.68 bits per heavy atom. The monoisotopic (exact) mass is 428 g/mol. The minimum atomic E-state index is -0.129. The summed E-state index contributed by atoms with van der Waals surface area (Å²) in [5.41, 5.74) is 0.740. The van der Waals surface area contributed by atoms with E-state index in [-0.39, 0.29) is 36.9 Å². The van der Waals surface area contributed by atoms with Gasteiger partial charge >= 0.3 is 6.03 Å². The zero-order valence-corrected chi connectivity index (χ0v) is 17.3. The number of hydrogen-bond donors (Lipinski definition) is 2. The van der Waals surface area contributed by atoms with Gasteiger partial charge in [-0.05, 0) is 43.3 Å². The molecule has 1 fully saturated rings. The number of nitrogens with zero attached hydrogens (tertiary/aromatic N) is 2. The first-order valence-corrected chi connectivity index (χ1v) is 8.80. The maximum Gasteiger partial charge on any atom is 0.322 e. The molecule has 1 saturated heterocycles. The molecule has 0 saturated carbocycles. The maximum atomic E-state index is 12.7. The summed E-state index contributed by atoms with van der Waals surface area (Å²) in [5.74, 6) is 1.49. The molecule has 0 spiro atoms. The molecule has 3 rings (SSSR count). The lowest BCUT2D eigenvalue weighted by Crippen LogP contribution is -2.57. The normalized spacial score (nSPS) is 15.6. The van der Waals surface area contributed by atoms with Crippen LogP contribution in [0.25, 0.3) is 0 Å². The molecule has 2 N–H and O–H groups in total. The molecule has 1 unspecified atom stereocenters. The highest BCUT2D eigenvalue weighted by Gasteiger charge is 2.27. The minimum absolute atomic E-state index is 0. The van der Waals surface area contributed by atoms with Crippen molar-refractivity contribution in [2.24, 2.45) is 0 Å². The first-order chi connectivity index (χ1) is 12.8. The van der Waals surface area contributed by atoms with Crippen molar-refractivity contribution in [3.8, 4) is 11.5 Å². The smallest absolute Gasteiger partial charge is 0.322 e. The zero-order chi connectivity index (χ0) is 18.2. The van der Waals surface area contributed by atoms with E-state index in [4.69, 9.17) is 9.47 Å². The van der Waals surface area contributed by atoms with Gasteiger partial charge in [0.2, 0.25) is 0 Å². The Hall–Kier alpha value is -2.22. The molecule has 0 bridgehead atoms. The van der Waals surface area contributed by atoms with E-state index >= 15 is 0 Å². The summed E-state index contributed by atoms with van der Waals surface area (Å²) in [6.45, 7) is 5.05. The van der Waals surface area contributed by atoms with Gasteiger partial charge in [0.25, 0.3) is 0 Å². The van der Waals surface area contributed by atoms with Crippen LogP contribution in [0.3, 0.4) is 0 Å². The number of rotatable bonds is 6. The minimum Gasteiger partial charge on any atom is -0.494 e. The van der Waals surface area contributed by atoms with Crippen LogP contribution in [0.1, 0.15) is 6.92 Å². The summed E-state index contributed by atoms with van der Waals surface area (Å²) in [6.07, 6.45) is 3.37. The molecule has 1 aliphatic rings. The van der Waals surface area contributed by atoms with Gasteiger partial charge in [-0.1, -0.05) is 0 Å². The van der Waals surface area contributed by atoms with E-state index in [0.717, 1.165) is 18.0 Å². The molecular weight excluding hydrogens is 403 g/mol. The summed E-state index contributed by atoms with van der Waals surface area (Å²) in [4.78, 5) is 18.5. The fourth-order valence-electron chi connectivity index (χ4n) is 2.80. The Labute approximate surface area is 177 Å². The van der Waals surface area contributed by atoms with Crippen molar-refractivity contribution < 1.29 is 14.3 Å². The van der Waals surface area contributed by atoms with Crippen LogP contribution in [0.15, 0.2) is 48.8 Å². The topological polar surface area (TPSA) is 75.7 Å².